The lowest BCUT2D eigenvalue weighted by Crippen LogP contribution is -2.27. The fraction of sp³-hybridized carbons (Fsp3) is 0.143. The van der Waals surface area contributed by atoms with Crippen molar-refractivity contribution in [3.05, 3.63) is 48.2 Å². The first-order valence-electron chi connectivity index (χ1n) is 6.32. The molecule has 5 N–H and O–H groups in total. The van der Waals surface area contributed by atoms with Crippen molar-refractivity contribution in [2.45, 2.75) is 13.0 Å². The summed E-state index contributed by atoms with van der Waals surface area (Å²) in [4.78, 5) is 22.4. The van der Waals surface area contributed by atoms with Crippen LogP contribution in [0.3, 0.4) is 0 Å². The van der Waals surface area contributed by atoms with Crippen molar-refractivity contribution < 1.29 is 4.79 Å². The van der Waals surface area contributed by atoms with Gasteiger partial charge in [-0.05, 0) is 31.2 Å². The third-order valence-electron chi connectivity index (χ3n) is 3.17. The number of carbonyl (C=O) groups excluding carboxylic acids is 1. The zero-order valence-corrected chi connectivity index (χ0v) is 11.0. The number of rotatable bonds is 3. The summed E-state index contributed by atoms with van der Waals surface area (Å²) < 4.78 is 0. The highest BCUT2D eigenvalue weighted by Gasteiger charge is 2.14. The summed E-state index contributed by atoms with van der Waals surface area (Å²) >= 11 is 0. The first-order chi connectivity index (χ1) is 9.63. The number of imidazole rings is 1. The molecule has 1 unspecified atom stereocenters. The van der Waals surface area contributed by atoms with Gasteiger partial charge in [0.15, 0.2) is 0 Å². The lowest BCUT2D eigenvalue weighted by Gasteiger charge is -2.10. The molecule has 6 heteroatoms. The second-order valence-corrected chi connectivity index (χ2v) is 4.70. The number of benzene rings is 1. The minimum absolute atomic E-state index is 0.177. The Bertz CT molecular complexity index is 744. The van der Waals surface area contributed by atoms with Crippen molar-refractivity contribution in [3.63, 3.8) is 0 Å². The van der Waals surface area contributed by atoms with E-state index in [1.165, 1.54) is 0 Å². The van der Waals surface area contributed by atoms with E-state index in [0.717, 1.165) is 16.7 Å². The first kappa shape index (κ1) is 12.3. The number of nitrogens with two attached hydrogens (primary N) is 1. The number of fused-ring (bicyclic) bond motifs is 1. The summed E-state index contributed by atoms with van der Waals surface area (Å²) in [6, 6.07) is 7.09. The molecule has 2 aromatic heterocycles. The number of amides is 1. The van der Waals surface area contributed by atoms with E-state index in [-0.39, 0.29) is 11.9 Å². The highest BCUT2D eigenvalue weighted by molar-refractivity contribution is 5.98. The summed E-state index contributed by atoms with van der Waals surface area (Å²) in [5.41, 5.74) is 7.79. The number of aromatic amines is 2. The van der Waals surface area contributed by atoms with Gasteiger partial charge >= 0.3 is 0 Å². The van der Waals surface area contributed by atoms with Gasteiger partial charge in [0.1, 0.15) is 11.5 Å². The third-order valence-corrected chi connectivity index (χ3v) is 3.17. The number of nitrogen functional groups attached to an aromatic ring is 1. The van der Waals surface area contributed by atoms with Crippen molar-refractivity contribution in [3.8, 4) is 0 Å². The van der Waals surface area contributed by atoms with Gasteiger partial charge in [0, 0.05) is 29.0 Å². The monoisotopic (exact) mass is 269 g/mol. The van der Waals surface area contributed by atoms with E-state index in [4.69, 9.17) is 5.73 Å². The Labute approximate surface area is 115 Å². The first-order valence-corrected chi connectivity index (χ1v) is 6.32. The van der Waals surface area contributed by atoms with Crippen molar-refractivity contribution in [2.24, 2.45) is 0 Å². The molecular formula is C14H15N5O. The zero-order valence-electron chi connectivity index (χ0n) is 11.0. The van der Waals surface area contributed by atoms with Gasteiger partial charge in [-0.2, -0.15) is 0 Å². The van der Waals surface area contributed by atoms with E-state index in [1.54, 1.807) is 24.5 Å². The van der Waals surface area contributed by atoms with E-state index >= 15 is 0 Å². The molecule has 1 amide bonds. The summed E-state index contributed by atoms with van der Waals surface area (Å²) in [5.74, 6) is 0.544. The van der Waals surface area contributed by atoms with Crippen LogP contribution in [0.5, 0.6) is 0 Å². The van der Waals surface area contributed by atoms with Gasteiger partial charge in [-0.15, -0.1) is 0 Å². The lowest BCUT2D eigenvalue weighted by atomic mass is 10.2. The van der Waals surface area contributed by atoms with Crippen LogP contribution in [0, 0.1) is 0 Å². The minimum atomic E-state index is -0.186. The number of nitrogens with zero attached hydrogens (tertiary/aromatic N) is 1. The average Bonchev–Trinajstić information content (AvgIpc) is 3.07. The van der Waals surface area contributed by atoms with Crippen molar-refractivity contribution in [1.29, 1.82) is 0 Å². The number of anilines is 1. The molecule has 6 nitrogen and oxygen atoms in total. The van der Waals surface area contributed by atoms with Crippen LogP contribution in [-0.2, 0) is 0 Å². The topological polar surface area (TPSA) is 99.6 Å². The summed E-state index contributed by atoms with van der Waals surface area (Å²) in [7, 11) is 0. The standard InChI is InChI=1S/C14H15N5O/c1-8(13-16-4-5-17-13)18-14(20)12-7-9-6-10(15)2-3-11(9)19-12/h2-8,19H,15H2,1H3,(H,16,17)(H,18,20). The molecule has 0 fully saturated rings. The van der Waals surface area contributed by atoms with E-state index in [2.05, 4.69) is 20.3 Å². The Balaban J connectivity index is 1.82. The summed E-state index contributed by atoms with van der Waals surface area (Å²) in [5, 5.41) is 3.80. The number of hydrogen-bond acceptors (Lipinski definition) is 3. The maximum atomic E-state index is 12.2. The van der Waals surface area contributed by atoms with Crippen LogP contribution in [0.1, 0.15) is 29.3 Å². The van der Waals surface area contributed by atoms with E-state index in [1.807, 2.05) is 19.1 Å². The van der Waals surface area contributed by atoms with Gasteiger partial charge in [0.25, 0.3) is 5.91 Å². The van der Waals surface area contributed by atoms with E-state index in [9.17, 15) is 4.79 Å². The van der Waals surface area contributed by atoms with Crippen molar-refractivity contribution >= 4 is 22.5 Å². The molecule has 20 heavy (non-hydrogen) atoms. The molecule has 0 aliphatic rings. The van der Waals surface area contributed by atoms with Gasteiger partial charge in [0.05, 0.1) is 6.04 Å². The maximum Gasteiger partial charge on any atom is 0.268 e. The predicted molar refractivity (Wildman–Crippen MR) is 77.2 cm³/mol. The number of nitrogens with one attached hydrogen (secondary N) is 3. The molecule has 3 aromatic rings. The van der Waals surface area contributed by atoms with Gasteiger partial charge in [-0.1, -0.05) is 0 Å². The largest absolute Gasteiger partial charge is 0.399 e. The summed E-state index contributed by atoms with van der Waals surface area (Å²) in [6.45, 7) is 1.87. The molecule has 0 aliphatic heterocycles. The highest BCUT2D eigenvalue weighted by Crippen LogP contribution is 2.18. The summed E-state index contributed by atoms with van der Waals surface area (Å²) in [6.07, 6.45) is 3.38. The lowest BCUT2D eigenvalue weighted by molar-refractivity contribution is 0.0934. The molecular weight excluding hydrogens is 254 g/mol. The van der Waals surface area contributed by atoms with Crippen LogP contribution >= 0.6 is 0 Å². The zero-order chi connectivity index (χ0) is 14.1. The average molecular weight is 269 g/mol. The van der Waals surface area contributed by atoms with Crippen LogP contribution in [0.25, 0.3) is 10.9 Å². The molecule has 0 saturated carbocycles. The normalized spacial score (nSPS) is 12.4. The van der Waals surface area contributed by atoms with Gasteiger partial charge in [-0.3, -0.25) is 4.79 Å². The maximum absolute atomic E-state index is 12.2. The smallest absolute Gasteiger partial charge is 0.268 e. The van der Waals surface area contributed by atoms with Crippen LogP contribution in [0.4, 0.5) is 5.69 Å². The Morgan fingerprint density at radius 2 is 2.25 bits per heavy atom. The molecule has 0 saturated heterocycles. The number of hydrogen-bond donors (Lipinski definition) is 4. The Hall–Kier alpha value is -2.76. The second-order valence-electron chi connectivity index (χ2n) is 4.70. The fourth-order valence-electron chi connectivity index (χ4n) is 2.13. The molecule has 0 bridgehead atoms. The number of carbonyl (C=O) groups is 1. The molecule has 0 spiro atoms. The quantitative estimate of drug-likeness (QED) is 0.547. The van der Waals surface area contributed by atoms with Crippen LogP contribution < -0.4 is 11.1 Å². The third kappa shape index (κ3) is 2.23. The molecule has 0 radical (unpaired) electrons. The Morgan fingerprint density at radius 1 is 1.40 bits per heavy atom. The highest BCUT2D eigenvalue weighted by atomic mass is 16.1. The van der Waals surface area contributed by atoms with Gasteiger partial charge < -0.3 is 21.0 Å². The number of aromatic nitrogens is 3. The Morgan fingerprint density at radius 3 is 3.00 bits per heavy atom. The van der Waals surface area contributed by atoms with Gasteiger partial charge in [0.2, 0.25) is 0 Å². The van der Waals surface area contributed by atoms with Gasteiger partial charge in [-0.25, -0.2) is 4.98 Å². The van der Waals surface area contributed by atoms with Crippen LogP contribution in [0.15, 0.2) is 36.7 Å². The fourth-order valence-corrected chi connectivity index (χ4v) is 2.13. The molecule has 102 valence electrons. The second kappa shape index (κ2) is 4.73. The SMILES string of the molecule is CC(NC(=O)c1cc2cc(N)ccc2[nH]1)c1ncc[nH]1. The van der Waals surface area contributed by atoms with E-state index < -0.39 is 0 Å². The van der Waals surface area contributed by atoms with Crippen molar-refractivity contribution in [2.75, 3.05) is 5.73 Å². The molecule has 1 aromatic carbocycles. The van der Waals surface area contributed by atoms with Crippen LogP contribution in [0.2, 0.25) is 0 Å². The molecule has 3 rings (SSSR count). The number of H-pyrrole nitrogens is 2. The molecule has 1 atom stereocenters. The minimum Gasteiger partial charge on any atom is -0.399 e. The molecule has 0 aliphatic carbocycles. The molecule has 2 heterocycles. The predicted octanol–water partition coefficient (Wildman–Crippen LogP) is 1.96. The van der Waals surface area contributed by atoms with E-state index in [0.29, 0.717) is 11.4 Å². The van der Waals surface area contributed by atoms with Crippen molar-refractivity contribution in [1.82, 2.24) is 20.3 Å². The van der Waals surface area contributed by atoms with Crippen LogP contribution in [-0.4, -0.2) is 20.9 Å². The Kier molecular flexibility index (Phi) is 2.90.